The maximum atomic E-state index is 11.2. The van der Waals surface area contributed by atoms with E-state index in [1.165, 1.54) is 5.56 Å². The summed E-state index contributed by atoms with van der Waals surface area (Å²) in [4.78, 5) is 11.2. The normalized spacial score (nSPS) is 10.5. The van der Waals surface area contributed by atoms with Crippen LogP contribution in [-0.2, 0) is 0 Å². The van der Waals surface area contributed by atoms with Gasteiger partial charge in [-0.1, -0.05) is 26.0 Å². The highest BCUT2D eigenvalue weighted by Crippen LogP contribution is 2.27. The van der Waals surface area contributed by atoms with Crippen molar-refractivity contribution >= 4 is 5.91 Å². The number of carbonyl (C=O) groups is 1. The van der Waals surface area contributed by atoms with Crippen molar-refractivity contribution in [2.75, 3.05) is 0 Å². The van der Waals surface area contributed by atoms with Gasteiger partial charge in [0.25, 0.3) is 5.91 Å². The summed E-state index contributed by atoms with van der Waals surface area (Å²) in [5.41, 5.74) is 3.30. The second-order valence-corrected chi connectivity index (χ2v) is 5.15. The second kappa shape index (κ2) is 7.61. The van der Waals surface area contributed by atoms with E-state index in [1.54, 1.807) is 29.7 Å². The summed E-state index contributed by atoms with van der Waals surface area (Å²) < 4.78 is 5.75. The van der Waals surface area contributed by atoms with Crippen molar-refractivity contribution in [3.63, 3.8) is 0 Å². The average Bonchev–Trinajstić information content (AvgIpc) is 2.57. The third-order valence-corrected chi connectivity index (χ3v) is 3.79. The van der Waals surface area contributed by atoms with E-state index in [4.69, 9.17) is 9.94 Å². The molecule has 2 N–H and O–H groups in total. The Bertz CT molecular complexity index is 601. The highest BCUT2D eigenvalue weighted by Gasteiger charge is 2.07. The van der Waals surface area contributed by atoms with Crippen LogP contribution in [0.4, 0.5) is 0 Å². The molecular formula is C18H21NO3. The lowest BCUT2D eigenvalue weighted by Gasteiger charge is -2.13. The van der Waals surface area contributed by atoms with Crippen LogP contribution in [0.25, 0.3) is 0 Å². The lowest BCUT2D eigenvalue weighted by Crippen LogP contribution is -2.18. The molecule has 0 heterocycles. The number of hydrogen-bond acceptors (Lipinski definition) is 3. The first-order chi connectivity index (χ1) is 10.7. The Hall–Kier alpha value is -2.33. The van der Waals surface area contributed by atoms with E-state index in [-0.39, 0.29) is 0 Å². The molecule has 2 aromatic rings. The van der Waals surface area contributed by atoms with Gasteiger partial charge in [-0.05, 0) is 60.7 Å². The summed E-state index contributed by atoms with van der Waals surface area (Å²) in [5, 5.41) is 8.57. The molecular weight excluding hydrogens is 278 g/mol. The summed E-state index contributed by atoms with van der Waals surface area (Å²) in [6, 6.07) is 14.7. The summed E-state index contributed by atoms with van der Waals surface area (Å²) in [6.45, 7) is 4.39. The Morgan fingerprint density at radius 1 is 1.00 bits per heavy atom. The quantitative estimate of drug-likeness (QED) is 0.610. The standard InChI is InChI=1S/C18H21NO3/c1-3-13(4-2)14-5-9-16(10-6-14)22-17-11-7-15(8-12-17)18(20)19-21/h5-13,21H,3-4H2,1-2H3,(H,19,20). The maximum absolute atomic E-state index is 11.2. The second-order valence-electron chi connectivity index (χ2n) is 5.15. The zero-order valence-electron chi connectivity index (χ0n) is 12.9. The first kappa shape index (κ1) is 16.0. The van der Waals surface area contributed by atoms with E-state index in [0.29, 0.717) is 17.2 Å². The third-order valence-electron chi connectivity index (χ3n) is 3.79. The molecule has 4 heteroatoms. The Morgan fingerprint density at radius 2 is 1.50 bits per heavy atom. The molecule has 0 aliphatic carbocycles. The van der Waals surface area contributed by atoms with Crippen LogP contribution in [0.15, 0.2) is 48.5 Å². The Kier molecular flexibility index (Phi) is 5.55. The fraction of sp³-hybridized carbons (Fsp3) is 0.278. The van der Waals surface area contributed by atoms with E-state index in [2.05, 4.69) is 26.0 Å². The Balaban J connectivity index is 2.06. The SMILES string of the molecule is CCC(CC)c1ccc(Oc2ccc(C(=O)NO)cc2)cc1. The fourth-order valence-electron chi connectivity index (χ4n) is 2.44. The van der Waals surface area contributed by atoms with Gasteiger partial charge in [0.15, 0.2) is 0 Å². The first-order valence-corrected chi connectivity index (χ1v) is 7.50. The molecule has 0 saturated heterocycles. The van der Waals surface area contributed by atoms with E-state index in [0.717, 1.165) is 18.6 Å². The monoisotopic (exact) mass is 299 g/mol. The molecule has 0 aromatic heterocycles. The van der Waals surface area contributed by atoms with Crippen LogP contribution < -0.4 is 10.2 Å². The van der Waals surface area contributed by atoms with Crippen molar-refractivity contribution in [3.05, 3.63) is 59.7 Å². The van der Waals surface area contributed by atoms with Crippen LogP contribution in [0, 0.1) is 0 Å². The van der Waals surface area contributed by atoms with E-state index in [1.807, 2.05) is 12.1 Å². The predicted molar refractivity (Wildman–Crippen MR) is 85.5 cm³/mol. The van der Waals surface area contributed by atoms with E-state index in [9.17, 15) is 4.79 Å². The largest absolute Gasteiger partial charge is 0.457 e. The number of carbonyl (C=O) groups excluding carboxylic acids is 1. The molecule has 0 aliphatic rings. The van der Waals surface area contributed by atoms with Gasteiger partial charge in [0.05, 0.1) is 0 Å². The van der Waals surface area contributed by atoms with Crippen LogP contribution in [0.3, 0.4) is 0 Å². The Morgan fingerprint density at radius 3 is 1.95 bits per heavy atom. The molecule has 4 nitrogen and oxygen atoms in total. The molecule has 0 radical (unpaired) electrons. The Labute approximate surface area is 130 Å². The van der Waals surface area contributed by atoms with Gasteiger partial charge in [0.2, 0.25) is 0 Å². The lowest BCUT2D eigenvalue weighted by atomic mass is 9.94. The van der Waals surface area contributed by atoms with Gasteiger partial charge in [0, 0.05) is 5.56 Å². The van der Waals surface area contributed by atoms with Gasteiger partial charge in [0.1, 0.15) is 11.5 Å². The van der Waals surface area contributed by atoms with Crippen molar-refractivity contribution in [1.82, 2.24) is 5.48 Å². The number of ether oxygens (including phenoxy) is 1. The molecule has 0 unspecified atom stereocenters. The molecule has 0 bridgehead atoms. The van der Waals surface area contributed by atoms with Crippen molar-refractivity contribution in [3.8, 4) is 11.5 Å². The van der Waals surface area contributed by atoms with Crippen LogP contribution in [-0.4, -0.2) is 11.1 Å². The van der Waals surface area contributed by atoms with Crippen LogP contribution in [0.2, 0.25) is 0 Å². The minimum absolute atomic E-state index is 0.374. The molecule has 22 heavy (non-hydrogen) atoms. The number of benzene rings is 2. The minimum Gasteiger partial charge on any atom is -0.457 e. The summed E-state index contributed by atoms with van der Waals surface area (Å²) in [6.07, 6.45) is 2.26. The molecule has 116 valence electrons. The number of hydrogen-bond donors (Lipinski definition) is 2. The summed E-state index contributed by atoms with van der Waals surface area (Å²) in [7, 11) is 0. The van der Waals surface area contributed by atoms with Crippen molar-refractivity contribution in [1.29, 1.82) is 0 Å². The first-order valence-electron chi connectivity index (χ1n) is 7.50. The number of rotatable bonds is 6. The maximum Gasteiger partial charge on any atom is 0.274 e. The van der Waals surface area contributed by atoms with E-state index >= 15 is 0 Å². The van der Waals surface area contributed by atoms with E-state index < -0.39 is 5.91 Å². The highest BCUT2D eigenvalue weighted by atomic mass is 16.5. The van der Waals surface area contributed by atoms with Crippen LogP contribution in [0.1, 0.15) is 48.5 Å². The zero-order valence-corrected chi connectivity index (χ0v) is 12.9. The molecule has 2 aromatic carbocycles. The van der Waals surface area contributed by atoms with Crippen LogP contribution >= 0.6 is 0 Å². The molecule has 2 rings (SSSR count). The zero-order chi connectivity index (χ0) is 15.9. The molecule has 1 amide bonds. The molecule has 0 fully saturated rings. The lowest BCUT2D eigenvalue weighted by molar-refractivity contribution is 0.0706. The third kappa shape index (κ3) is 3.86. The highest BCUT2D eigenvalue weighted by molar-refractivity contribution is 5.93. The van der Waals surface area contributed by atoms with Gasteiger partial charge in [-0.3, -0.25) is 10.0 Å². The predicted octanol–water partition coefficient (Wildman–Crippen LogP) is 4.50. The van der Waals surface area contributed by atoms with Gasteiger partial charge < -0.3 is 4.74 Å². The van der Waals surface area contributed by atoms with Gasteiger partial charge >= 0.3 is 0 Å². The van der Waals surface area contributed by atoms with Gasteiger partial charge in [-0.25, -0.2) is 5.48 Å². The topological polar surface area (TPSA) is 58.6 Å². The number of hydroxylamine groups is 1. The average molecular weight is 299 g/mol. The smallest absolute Gasteiger partial charge is 0.274 e. The number of nitrogens with one attached hydrogen (secondary N) is 1. The van der Waals surface area contributed by atoms with Crippen molar-refractivity contribution in [2.24, 2.45) is 0 Å². The molecule has 0 spiro atoms. The van der Waals surface area contributed by atoms with Crippen molar-refractivity contribution < 1.29 is 14.7 Å². The van der Waals surface area contributed by atoms with Crippen LogP contribution in [0.5, 0.6) is 11.5 Å². The van der Waals surface area contributed by atoms with Crippen molar-refractivity contribution in [2.45, 2.75) is 32.6 Å². The molecule has 0 atom stereocenters. The number of amides is 1. The van der Waals surface area contributed by atoms with Gasteiger partial charge in [-0.2, -0.15) is 0 Å². The summed E-state index contributed by atoms with van der Waals surface area (Å²) >= 11 is 0. The molecule has 0 aliphatic heterocycles. The minimum atomic E-state index is -0.541. The summed E-state index contributed by atoms with van der Waals surface area (Å²) in [5.74, 6) is 1.45. The molecule has 0 saturated carbocycles. The fourth-order valence-corrected chi connectivity index (χ4v) is 2.44. The van der Waals surface area contributed by atoms with Gasteiger partial charge in [-0.15, -0.1) is 0 Å².